The van der Waals surface area contributed by atoms with Crippen molar-refractivity contribution < 1.29 is 4.39 Å². The SMILES string of the molecule is CCCCn1nnc(C#N)c1/C=C/c1ccc(F)cc1. The molecule has 1 aromatic heterocycles. The second-order valence-corrected chi connectivity index (χ2v) is 4.40. The predicted molar refractivity (Wildman–Crippen MR) is 75.0 cm³/mol. The van der Waals surface area contributed by atoms with Crippen LogP contribution in [0.1, 0.15) is 36.7 Å². The molecule has 0 saturated carbocycles. The zero-order chi connectivity index (χ0) is 14.4. The Morgan fingerprint density at radius 3 is 2.70 bits per heavy atom. The highest BCUT2D eigenvalue weighted by Gasteiger charge is 2.08. The molecule has 0 aliphatic heterocycles. The van der Waals surface area contributed by atoms with E-state index in [1.165, 1.54) is 12.1 Å². The Morgan fingerprint density at radius 1 is 1.30 bits per heavy atom. The van der Waals surface area contributed by atoms with Crippen LogP contribution >= 0.6 is 0 Å². The Balaban J connectivity index is 2.25. The first-order valence-corrected chi connectivity index (χ1v) is 6.52. The Kier molecular flexibility index (Phi) is 4.61. The number of aromatic nitrogens is 3. The zero-order valence-electron chi connectivity index (χ0n) is 11.3. The molecule has 2 rings (SSSR count). The van der Waals surface area contributed by atoms with Gasteiger partial charge in [0.2, 0.25) is 0 Å². The standard InChI is InChI=1S/C15H15FN4/c1-2-3-10-20-15(14(11-17)18-19-20)9-6-12-4-7-13(16)8-5-12/h4-9H,2-3,10H2,1H3/b9-6+. The van der Waals surface area contributed by atoms with E-state index >= 15 is 0 Å². The highest BCUT2D eigenvalue weighted by molar-refractivity contribution is 5.69. The average molecular weight is 270 g/mol. The van der Waals surface area contributed by atoms with Crippen LogP contribution in [0.3, 0.4) is 0 Å². The summed E-state index contributed by atoms with van der Waals surface area (Å²) in [5, 5.41) is 16.9. The van der Waals surface area contributed by atoms with E-state index in [-0.39, 0.29) is 5.82 Å². The molecule has 0 bridgehead atoms. The fourth-order valence-corrected chi connectivity index (χ4v) is 1.79. The third-order valence-electron chi connectivity index (χ3n) is 2.91. The van der Waals surface area contributed by atoms with E-state index in [2.05, 4.69) is 17.2 Å². The van der Waals surface area contributed by atoms with Crippen LogP contribution in [0.4, 0.5) is 4.39 Å². The van der Waals surface area contributed by atoms with E-state index < -0.39 is 0 Å². The van der Waals surface area contributed by atoms with Gasteiger partial charge in [0.1, 0.15) is 11.9 Å². The maximum absolute atomic E-state index is 12.8. The molecule has 0 aliphatic rings. The Hall–Kier alpha value is -2.48. The molecule has 0 N–H and O–H groups in total. The predicted octanol–water partition coefficient (Wildman–Crippen LogP) is 3.26. The molecule has 0 radical (unpaired) electrons. The molecule has 0 atom stereocenters. The number of hydrogen-bond donors (Lipinski definition) is 0. The van der Waals surface area contributed by atoms with Gasteiger partial charge in [-0.3, -0.25) is 0 Å². The summed E-state index contributed by atoms with van der Waals surface area (Å²) in [5.41, 5.74) is 1.85. The van der Waals surface area contributed by atoms with E-state index in [0.717, 1.165) is 24.9 Å². The quantitative estimate of drug-likeness (QED) is 0.838. The number of hydrogen-bond acceptors (Lipinski definition) is 3. The van der Waals surface area contributed by atoms with Crippen LogP contribution in [0.2, 0.25) is 0 Å². The van der Waals surface area contributed by atoms with Gasteiger partial charge in [-0.25, -0.2) is 9.07 Å². The van der Waals surface area contributed by atoms with Crippen LogP contribution < -0.4 is 0 Å². The lowest BCUT2D eigenvalue weighted by Gasteiger charge is -2.01. The van der Waals surface area contributed by atoms with Crippen molar-refractivity contribution in [3.63, 3.8) is 0 Å². The lowest BCUT2D eigenvalue weighted by Crippen LogP contribution is -2.02. The number of benzene rings is 1. The summed E-state index contributed by atoms with van der Waals surface area (Å²) in [6.07, 6.45) is 5.64. The summed E-state index contributed by atoms with van der Waals surface area (Å²) >= 11 is 0. The number of rotatable bonds is 5. The molecule has 102 valence electrons. The monoisotopic (exact) mass is 270 g/mol. The molecule has 0 spiro atoms. The van der Waals surface area contributed by atoms with Crippen LogP contribution in [0.25, 0.3) is 12.2 Å². The van der Waals surface area contributed by atoms with Gasteiger partial charge >= 0.3 is 0 Å². The van der Waals surface area contributed by atoms with Crippen LogP contribution in [-0.4, -0.2) is 15.0 Å². The summed E-state index contributed by atoms with van der Waals surface area (Å²) < 4.78 is 14.6. The van der Waals surface area contributed by atoms with Crippen molar-refractivity contribution in [2.45, 2.75) is 26.3 Å². The van der Waals surface area contributed by atoms with Crippen molar-refractivity contribution in [2.24, 2.45) is 0 Å². The van der Waals surface area contributed by atoms with Crippen LogP contribution in [-0.2, 0) is 6.54 Å². The molecule has 1 aromatic carbocycles. The van der Waals surface area contributed by atoms with E-state index in [0.29, 0.717) is 11.4 Å². The Bertz CT molecular complexity index is 635. The van der Waals surface area contributed by atoms with E-state index in [4.69, 9.17) is 5.26 Å². The molecule has 0 aliphatic carbocycles. The fourth-order valence-electron chi connectivity index (χ4n) is 1.79. The van der Waals surface area contributed by atoms with Gasteiger partial charge in [-0.15, -0.1) is 5.10 Å². The summed E-state index contributed by atoms with van der Waals surface area (Å²) in [7, 11) is 0. The molecule has 0 unspecified atom stereocenters. The second kappa shape index (κ2) is 6.62. The lowest BCUT2D eigenvalue weighted by molar-refractivity contribution is 0.549. The molecule has 5 heteroatoms. The van der Waals surface area contributed by atoms with Gasteiger partial charge in [0.05, 0.1) is 5.69 Å². The van der Waals surface area contributed by atoms with Gasteiger partial charge < -0.3 is 0 Å². The number of nitriles is 1. The van der Waals surface area contributed by atoms with Crippen molar-refractivity contribution in [1.82, 2.24) is 15.0 Å². The number of nitrogens with zero attached hydrogens (tertiary/aromatic N) is 4. The number of halogens is 1. The van der Waals surface area contributed by atoms with E-state index in [1.807, 2.05) is 12.1 Å². The summed E-state index contributed by atoms with van der Waals surface area (Å²) in [6.45, 7) is 2.82. The minimum atomic E-state index is -0.269. The third-order valence-corrected chi connectivity index (χ3v) is 2.91. The minimum absolute atomic E-state index is 0.269. The van der Waals surface area contributed by atoms with Crippen molar-refractivity contribution in [3.8, 4) is 6.07 Å². The van der Waals surface area contributed by atoms with Gasteiger partial charge in [-0.1, -0.05) is 36.8 Å². The lowest BCUT2D eigenvalue weighted by atomic mass is 10.2. The maximum atomic E-state index is 12.8. The Morgan fingerprint density at radius 2 is 2.05 bits per heavy atom. The largest absolute Gasteiger partial charge is 0.244 e. The van der Waals surface area contributed by atoms with Crippen molar-refractivity contribution in [2.75, 3.05) is 0 Å². The van der Waals surface area contributed by atoms with Crippen molar-refractivity contribution in [1.29, 1.82) is 5.26 Å². The number of unbranched alkanes of at least 4 members (excludes halogenated alkanes) is 1. The van der Waals surface area contributed by atoms with Gasteiger partial charge in [-0.2, -0.15) is 5.26 Å². The molecule has 20 heavy (non-hydrogen) atoms. The third kappa shape index (κ3) is 3.29. The molecular weight excluding hydrogens is 255 g/mol. The van der Waals surface area contributed by atoms with Gasteiger partial charge in [0.25, 0.3) is 0 Å². The minimum Gasteiger partial charge on any atom is -0.244 e. The van der Waals surface area contributed by atoms with Crippen LogP contribution in [0, 0.1) is 17.1 Å². The highest BCUT2D eigenvalue weighted by atomic mass is 19.1. The molecule has 1 heterocycles. The first kappa shape index (κ1) is 13.9. The van der Waals surface area contributed by atoms with Crippen LogP contribution in [0.5, 0.6) is 0 Å². The van der Waals surface area contributed by atoms with Gasteiger partial charge in [0.15, 0.2) is 5.69 Å². The normalized spacial score (nSPS) is 10.8. The molecule has 0 fully saturated rings. The van der Waals surface area contributed by atoms with Gasteiger partial charge in [-0.05, 0) is 30.2 Å². The van der Waals surface area contributed by atoms with Crippen molar-refractivity contribution in [3.05, 3.63) is 47.0 Å². The maximum Gasteiger partial charge on any atom is 0.190 e. The molecule has 0 amide bonds. The molecular formula is C15H15FN4. The van der Waals surface area contributed by atoms with Gasteiger partial charge in [0, 0.05) is 6.54 Å². The summed E-state index contributed by atoms with van der Waals surface area (Å²) in [4.78, 5) is 0. The molecule has 2 aromatic rings. The van der Waals surface area contributed by atoms with E-state index in [1.54, 1.807) is 22.9 Å². The topological polar surface area (TPSA) is 54.5 Å². The smallest absolute Gasteiger partial charge is 0.190 e. The van der Waals surface area contributed by atoms with Crippen molar-refractivity contribution >= 4 is 12.2 Å². The highest BCUT2D eigenvalue weighted by Crippen LogP contribution is 2.12. The van der Waals surface area contributed by atoms with Crippen LogP contribution in [0.15, 0.2) is 24.3 Å². The first-order valence-electron chi connectivity index (χ1n) is 6.52. The zero-order valence-corrected chi connectivity index (χ0v) is 11.3. The summed E-state index contributed by atoms with van der Waals surface area (Å²) in [6, 6.07) is 8.19. The first-order chi connectivity index (χ1) is 9.74. The average Bonchev–Trinajstić information content (AvgIpc) is 2.86. The number of aryl methyl sites for hydroxylation is 1. The Labute approximate surface area is 117 Å². The van der Waals surface area contributed by atoms with E-state index in [9.17, 15) is 4.39 Å². The fraction of sp³-hybridized carbons (Fsp3) is 0.267. The summed E-state index contributed by atoms with van der Waals surface area (Å²) in [5.74, 6) is -0.269. The molecule has 4 nitrogen and oxygen atoms in total. The second-order valence-electron chi connectivity index (χ2n) is 4.40. The molecule has 0 saturated heterocycles.